The number of nitrogens with one attached hydrogen (secondary N) is 2. The number of guanidine groups is 1. The molecule has 0 aliphatic carbocycles. The minimum atomic E-state index is 0. The van der Waals surface area contributed by atoms with Crippen LogP contribution in [0.4, 0.5) is 0 Å². The maximum absolute atomic E-state index is 5.79. The van der Waals surface area contributed by atoms with E-state index in [1.54, 1.807) is 17.5 Å². The summed E-state index contributed by atoms with van der Waals surface area (Å²) in [6.07, 6.45) is 3.54. The number of hydrogen-bond acceptors (Lipinski definition) is 4. The summed E-state index contributed by atoms with van der Waals surface area (Å²) in [6, 6.07) is 3.80. The van der Waals surface area contributed by atoms with Crippen LogP contribution in [0, 0.1) is 6.92 Å². The molecular formula is C16H23ClIN5S. The summed E-state index contributed by atoms with van der Waals surface area (Å²) >= 11 is 7.47. The predicted octanol–water partition coefficient (Wildman–Crippen LogP) is 3.46. The zero-order chi connectivity index (χ0) is 16.5. The number of aliphatic imine (C=N–C) groups is 1. The van der Waals surface area contributed by atoms with Crippen molar-refractivity contribution in [3.05, 3.63) is 45.1 Å². The molecule has 0 unspecified atom stereocenters. The summed E-state index contributed by atoms with van der Waals surface area (Å²) < 4.78 is 0. The summed E-state index contributed by atoms with van der Waals surface area (Å²) in [5.41, 5.74) is 2.26. The zero-order valence-corrected chi connectivity index (χ0v) is 17.8. The van der Waals surface area contributed by atoms with Crippen molar-refractivity contribution in [3.8, 4) is 0 Å². The number of pyridine rings is 1. The Labute approximate surface area is 169 Å². The molecule has 0 bridgehead atoms. The molecule has 8 heteroatoms. The third kappa shape index (κ3) is 7.76. The second-order valence-electron chi connectivity index (χ2n) is 5.03. The fourth-order valence-electron chi connectivity index (χ4n) is 2.03. The van der Waals surface area contributed by atoms with Crippen molar-refractivity contribution in [3.63, 3.8) is 0 Å². The molecule has 5 nitrogen and oxygen atoms in total. The monoisotopic (exact) mass is 479 g/mol. The van der Waals surface area contributed by atoms with Crippen molar-refractivity contribution in [1.82, 2.24) is 20.6 Å². The maximum Gasteiger partial charge on any atom is 0.191 e. The molecule has 0 saturated carbocycles. The molecule has 0 aliphatic heterocycles. The molecule has 132 valence electrons. The molecular weight excluding hydrogens is 457 g/mol. The first kappa shape index (κ1) is 21.1. The van der Waals surface area contributed by atoms with Gasteiger partial charge < -0.3 is 10.6 Å². The van der Waals surface area contributed by atoms with Crippen LogP contribution < -0.4 is 10.6 Å². The number of aryl methyl sites for hydroxylation is 1. The molecule has 2 rings (SSSR count). The van der Waals surface area contributed by atoms with Crippen LogP contribution in [0.5, 0.6) is 0 Å². The van der Waals surface area contributed by atoms with Crippen LogP contribution in [0.15, 0.2) is 28.7 Å². The van der Waals surface area contributed by atoms with Crippen molar-refractivity contribution < 1.29 is 0 Å². The highest BCUT2D eigenvalue weighted by atomic mass is 127. The average Bonchev–Trinajstić information content (AvgIpc) is 2.95. The van der Waals surface area contributed by atoms with Crippen LogP contribution >= 0.6 is 46.9 Å². The molecule has 2 aromatic rings. The molecule has 0 atom stereocenters. The first-order valence-corrected chi connectivity index (χ1v) is 8.96. The van der Waals surface area contributed by atoms with E-state index >= 15 is 0 Å². The van der Waals surface area contributed by atoms with Crippen LogP contribution in [0.1, 0.15) is 23.2 Å². The molecule has 0 fully saturated rings. The van der Waals surface area contributed by atoms with Gasteiger partial charge >= 0.3 is 0 Å². The third-order valence-electron chi connectivity index (χ3n) is 3.14. The van der Waals surface area contributed by atoms with Crippen LogP contribution in [0.2, 0.25) is 5.15 Å². The van der Waals surface area contributed by atoms with Crippen LogP contribution in [-0.2, 0) is 12.8 Å². The second kappa shape index (κ2) is 11.6. The predicted molar refractivity (Wildman–Crippen MR) is 113 cm³/mol. The van der Waals surface area contributed by atoms with E-state index in [1.807, 2.05) is 19.1 Å². The van der Waals surface area contributed by atoms with E-state index in [2.05, 4.69) is 37.9 Å². The quantitative estimate of drug-likeness (QED) is 0.276. The fourth-order valence-corrected chi connectivity index (χ4v) is 2.79. The van der Waals surface area contributed by atoms with Gasteiger partial charge in [-0.3, -0.25) is 4.99 Å². The molecule has 24 heavy (non-hydrogen) atoms. The summed E-state index contributed by atoms with van der Waals surface area (Å²) in [4.78, 5) is 13.1. The molecule has 2 N–H and O–H groups in total. The topological polar surface area (TPSA) is 62.2 Å². The lowest BCUT2D eigenvalue weighted by atomic mass is 10.2. The van der Waals surface area contributed by atoms with Gasteiger partial charge in [0.1, 0.15) is 5.15 Å². The van der Waals surface area contributed by atoms with Gasteiger partial charge in [-0.25, -0.2) is 9.97 Å². The molecule has 0 amide bonds. The Morgan fingerprint density at radius 1 is 1.29 bits per heavy atom. The van der Waals surface area contributed by atoms with Crippen molar-refractivity contribution >= 4 is 52.9 Å². The largest absolute Gasteiger partial charge is 0.357 e. The van der Waals surface area contributed by atoms with E-state index in [1.165, 1.54) is 0 Å². The van der Waals surface area contributed by atoms with Crippen LogP contribution in [0.3, 0.4) is 0 Å². The third-order valence-corrected chi connectivity index (χ3v) is 4.19. The summed E-state index contributed by atoms with van der Waals surface area (Å²) in [5.74, 6) is 0.835. The van der Waals surface area contributed by atoms with Crippen molar-refractivity contribution in [1.29, 1.82) is 0 Å². The second-order valence-corrected chi connectivity index (χ2v) is 6.48. The molecule has 2 aromatic heterocycles. The highest BCUT2D eigenvalue weighted by Crippen LogP contribution is 2.08. The maximum atomic E-state index is 5.79. The molecule has 0 aliphatic rings. The van der Waals surface area contributed by atoms with E-state index < -0.39 is 0 Å². The van der Waals surface area contributed by atoms with Gasteiger partial charge in [-0.1, -0.05) is 17.7 Å². The van der Waals surface area contributed by atoms with Crippen LogP contribution in [0.25, 0.3) is 0 Å². The van der Waals surface area contributed by atoms with E-state index in [9.17, 15) is 0 Å². The van der Waals surface area contributed by atoms with E-state index in [-0.39, 0.29) is 24.0 Å². The van der Waals surface area contributed by atoms with Gasteiger partial charge in [0.2, 0.25) is 0 Å². The van der Waals surface area contributed by atoms with Crippen molar-refractivity contribution in [2.75, 3.05) is 19.6 Å². The average molecular weight is 480 g/mol. The van der Waals surface area contributed by atoms with Gasteiger partial charge in [0, 0.05) is 37.6 Å². The smallest absolute Gasteiger partial charge is 0.191 e. The summed E-state index contributed by atoms with van der Waals surface area (Å²) in [6.45, 7) is 6.44. The van der Waals surface area contributed by atoms with Crippen molar-refractivity contribution in [2.24, 2.45) is 4.99 Å². The minimum Gasteiger partial charge on any atom is -0.357 e. The van der Waals surface area contributed by atoms with Gasteiger partial charge in [-0.2, -0.15) is 0 Å². The SMILES string of the molecule is CCNC(=NCCc1csc(C)n1)NCCc1ccc(Cl)nc1.I. The Morgan fingerprint density at radius 2 is 2.12 bits per heavy atom. The number of hydrogen-bond donors (Lipinski definition) is 2. The van der Waals surface area contributed by atoms with Gasteiger partial charge in [0.25, 0.3) is 0 Å². The van der Waals surface area contributed by atoms with Gasteiger partial charge in [-0.15, -0.1) is 35.3 Å². The first-order chi connectivity index (χ1) is 11.2. The van der Waals surface area contributed by atoms with E-state index in [4.69, 9.17) is 11.6 Å². The number of aromatic nitrogens is 2. The van der Waals surface area contributed by atoms with Gasteiger partial charge in [-0.05, 0) is 31.9 Å². The number of halogens is 2. The number of rotatable bonds is 7. The summed E-state index contributed by atoms with van der Waals surface area (Å²) in [5, 5.41) is 10.3. The van der Waals surface area contributed by atoms with Gasteiger partial charge in [0.15, 0.2) is 5.96 Å². The lowest BCUT2D eigenvalue weighted by molar-refractivity contribution is 0.793. The number of thiazole rings is 1. The molecule has 0 saturated heterocycles. The highest BCUT2D eigenvalue weighted by Gasteiger charge is 2.00. The van der Waals surface area contributed by atoms with Crippen LogP contribution in [-0.4, -0.2) is 35.6 Å². The lowest BCUT2D eigenvalue weighted by Crippen LogP contribution is -2.38. The van der Waals surface area contributed by atoms with E-state index in [0.29, 0.717) is 5.15 Å². The van der Waals surface area contributed by atoms with Gasteiger partial charge in [0.05, 0.1) is 10.7 Å². The Balaban J connectivity index is 0.00000288. The Kier molecular flexibility index (Phi) is 10.2. The molecule has 0 spiro atoms. The number of nitrogens with zero attached hydrogens (tertiary/aromatic N) is 3. The first-order valence-electron chi connectivity index (χ1n) is 7.71. The standard InChI is InChI=1S/C16H22ClN5S.HI/c1-3-18-16(20-9-7-14-11-23-12(2)22-14)19-8-6-13-4-5-15(17)21-10-13;/h4-5,10-11H,3,6-9H2,1-2H3,(H2,18,19,20);1H. The lowest BCUT2D eigenvalue weighted by Gasteiger charge is -2.11. The Morgan fingerprint density at radius 3 is 2.75 bits per heavy atom. The molecule has 2 heterocycles. The highest BCUT2D eigenvalue weighted by molar-refractivity contribution is 14.0. The minimum absolute atomic E-state index is 0. The van der Waals surface area contributed by atoms with Crippen molar-refractivity contribution in [2.45, 2.75) is 26.7 Å². The van der Waals surface area contributed by atoms with E-state index in [0.717, 1.165) is 54.7 Å². The zero-order valence-electron chi connectivity index (χ0n) is 13.9. The molecule has 0 radical (unpaired) electrons. The Hall–Kier alpha value is -0.930. The molecule has 0 aromatic carbocycles. The summed E-state index contributed by atoms with van der Waals surface area (Å²) in [7, 11) is 0. The fraction of sp³-hybridized carbons (Fsp3) is 0.438. The normalized spacial score (nSPS) is 11.0. The Bertz CT molecular complexity index is 630.